The number of aliphatic hydroxyl groups is 3. The molecule has 3 aliphatic rings. The summed E-state index contributed by atoms with van der Waals surface area (Å²) in [5.74, 6) is 0.467. The number of hydrogen-bond donors (Lipinski definition) is 4. The Morgan fingerprint density at radius 1 is 1.42 bits per heavy atom. The van der Waals surface area contributed by atoms with E-state index in [-0.39, 0.29) is 11.4 Å². The van der Waals surface area contributed by atoms with Gasteiger partial charge in [-0.25, -0.2) is 9.67 Å². The van der Waals surface area contributed by atoms with Crippen LogP contribution in [0.1, 0.15) is 6.23 Å². The topological polar surface area (TPSA) is 116 Å². The number of aliphatic hydroxyl groups excluding tert-OH is 3. The minimum atomic E-state index is -1.17. The molecular weight excluding hydrogens is 272 g/mol. The fourth-order valence-electron chi connectivity index (χ4n) is 2.15. The van der Waals surface area contributed by atoms with Gasteiger partial charge in [-0.05, 0) is 12.2 Å². The number of aromatic nitrogens is 4. The molecule has 9 heteroatoms. The van der Waals surface area contributed by atoms with Crippen LogP contribution in [0, 0.1) is 4.77 Å². The van der Waals surface area contributed by atoms with Crippen LogP contribution in [-0.2, 0) is 4.74 Å². The Labute approximate surface area is 112 Å². The van der Waals surface area contributed by atoms with E-state index >= 15 is 0 Å². The third-order valence-corrected chi connectivity index (χ3v) is 3.33. The molecule has 4 atom stereocenters. The average molecular weight is 284 g/mol. The van der Waals surface area contributed by atoms with Crippen molar-refractivity contribution in [2.45, 2.75) is 24.5 Å². The lowest BCUT2D eigenvalue weighted by atomic mass is 10.1. The highest BCUT2D eigenvalue weighted by Gasteiger charge is 2.44. The molecule has 0 saturated carbocycles. The second-order valence-electron chi connectivity index (χ2n) is 4.30. The van der Waals surface area contributed by atoms with Crippen molar-refractivity contribution >= 4 is 12.2 Å². The largest absolute Gasteiger partial charge is 0.394 e. The van der Waals surface area contributed by atoms with Crippen molar-refractivity contribution in [1.29, 1.82) is 0 Å². The molecule has 0 aliphatic carbocycles. The number of nitrogens with zero attached hydrogens (tertiary/aromatic N) is 3. The first-order valence-corrected chi connectivity index (χ1v) is 6.08. The maximum absolute atomic E-state index is 9.96. The van der Waals surface area contributed by atoms with Gasteiger partial charge in [0.25, 0.3) is 0 Å². The Morgan fingerprint density at radius 3 is 2.89 bits per heavy atom. The van der Waals surface area contributed by atoms with Gasteiger partial charge < -0.3 is 25.2 Å². The highest BCUT2D eigenvalue weighted by atomic mass is 32.1. The molecule has 19 heavy (non-hydrogen) atoms. The van der Waals surface area contributed by atoms with Crippen molar-refractivity contribution < 1.29 is 20.1 Å². The van der Waals surface area contributed by atoms with E-state index in [4.69, 9.17) is 22.1 Å². The minimum Gasteiger partial charge on any atom is -0.394 e. The SMILES string of the molecule is OC[C@H]1O[C@@H](n2[nH]cc3cnc(=S)nc2-3)[C@H](O)[C@@H]1O. The maximum Gasteiger partial charge on any atom is 0.221 e. The number of H-pyrrole nitrogens is 1. The lowest BCUT2D eigenvalue weighted by molar-refractivity contribution is -0.0580. The normalized spacial score (nSPS) is 31.1. The Morgan fingerprint density at radius 2 is 2.21 bits per heavy atom. The third kappa shape index (κ3) is 1.95. The van der Waals surface area contributed by atoms with Gasteiger partial charge in [-0.15, -0.1) is 0 Å². The van der Waals surface area contributed by atoms with E-state index in [1.165, 1.54) is 4.68 Å². The molecule has 8 nitrogen and oxygen atoms in total. The van der Waals surface area contributed by atoms with E-state index in [1.54, 1.807) is 12.4 Å². The molecule has 1 saturated heterocycles. The number of rotatable bonds is 2. The molecule has 0 aromatic carbocycles. The Kier molecular flexibility index (Phi) is 3.07. The van der Waals surface area contributed by atoms with Gasteiger partial charge in [-0.1, -0.05) is 0 Å². The molecule has 4 N–H and O–H groups in total. The Hall–Kier alpha value is -1.39. The van der Waals surface area contributed by atoms with Crippen LogP contribution in [0.2, 0.25) is 0 Å². The standard InChI is InChI=1S/C10H12N4O4S/c15-3-5-6(16)7(17)9(18-5)14-8-4(2-12-14)1-11-10(19)13-8/h1-2,5-7,9,12,15-17H,3H2/t5-,6-,7-,9-/m1/s1. The summed E-state index contributed by atoms with van der Waals surface area (Å²) in [6, 6.07) is 0. The van der Waals surface area contributed by atoms with Crippen LogP contribution < -0.4 is 0 Å². The monoisotopic (exact) mass is 284 g/mol. The highest BCUT2D eigenvalue weighted by molar-refractivity contribution is 7.71. The summed E-state index contributed by atoms with van der Waals surface area (Å²) in [6.45, 7) is -0.380. The van der Waals surface area contributed by atoms with Crippen molar-refractivity contribution in [2.75, 3.05) is 6.61 Å². The van der Waals surface area contributed by atoms with Crippen molar-refractivity contribution in [3.63, 3.8) is 0 Å². The number of fused-ring (bicyclic) bond motifs is 1. The molecule has 0 unspecified atom stereocenters. The summed E-state index contributed by atoms with van der Waals surface area (Å²) < 4.78 is 7.04. The van der Waals surface area contributed by atoms with Crippen LogP contribution in [0.4, 0.5) is 0 Å². The zero-order valence-electron chi connectivity index (χ0n) is 9.67. The van der Waals surface area contributed by atoms with Crippen molar-refractivity contribution in [3.8, 4) is 11.4 Å². The summed E-state index contributed by atoms with van der Waals surface area (Å²) >= 11 is 4.90. The van der Waals surface area contributed by atoms with E-state index in [2.05, 4.69) is 15.1 Å². The van der Waals surface area contributed by atoms with Gasteiger partial charge in [0.05, 0.1) is 12.2 Å². The molecule has 0 radical (unpaired) electrons. The molecular formula is C10H12N4O4S. The molecule has 0 aromatic rings. The van der Waals surface area contributed by atoms with Gasteiger partial charge in [-0.3, -0.25) is 0 Å². The van der Waals surface area contributed by atoms with Gasteiger partial charge in [0.1, 0.15) is 18.3 Å². The maximum atomic E-state index is 9.96. The predicted octanol–water partition coefficient (Wildman–Crippen LogP) is -0.948. The second-order valence-corrected chi connectivity index (χ2v) is 4.67. The van der Waals surface area contributed by atoms with E-state index < -0.39 is 24.5 Å². The van der Waals surface area contributed by atoms with Crippen molar-refractivity contribution in [1.82, 2.24) is 19.7 Å². The fraction of sp³-hybridized carbons (Fsp3) is 0.500. The van der Waals surface area contributed by atoms with Gasteiger partial charge in [0, 0.05) is 12.4 Å². The summed E-state index contributed by atoms with van der Waals surface area (Å²) in [5.41, 5.74) is 0.700. The zero-order valence-corrected chi connectivity index (χ0v) is 10.5. The highest BCUT2D eigenvalue weighted by Crippen LogP contribution is 2.32. The average Bonchev–Trinajstić information content (AvgIpc) is 2.92. The second kappa shape index (κ2) is 4.62. The lowest BCUT2D eigenvalue weighted by Crippen LogP contribution is -2.33. The molecule has 1 fully saturated rings. The predicted molar refractivity (Wildman–Crippen MR) is 64.8 cm³/mol. The summed E-state index contributed by atoms with van der Waals surface area (Å²) in [7, 11) is 0. The van der Waals surface area contributed by atoms with Crippen LogP contribution >= 0.6 is 12.2 Å². The quantitative estimate of drug-likeness (QED) is 0.525. The number of aromatic amines is 1. The Bertz CT molecular complexity index is 614. The molecule has 3 heterocycles. The molecule has 0 amide bonds. The van der Waals surface area contributed by atoms with Crippen molar-refractivity contribution in [3.05, 3.63) is 17.2 Å². The van der Waals surface area contributed by atoms with Crippen molar-refractivity contribution in [2.24, 2.45) is 0 Å². The number of ether oxygens (including phenoxy) is 1. The zero-order chi connectivity index (χ0) is 13.6. The molecule has 0 aromatic heterocycles. The number of hydrogen-bond acceptors (Lipinski definition) is 7. The van der Waals surface area contributed by atoms with Gasteiger partial charge >= 0.3 is 0 Å². The van der Waals surface area contributed by atoms with Crippen LogP contribution in [0.3, 0.4) is 0 Å². The van der Waals surface area contributed by atoms with Gasteiger partial charge in [-0.2, -0.15) is 4.98 Å². The fourth-order valence-corrected chi connectivity index (χ4v) is 2.29. The van der Waals surface area contributed by atoms with E-state index in [1.807, 2.05) is 0 Å². The van der Waals surface area contributed by atoms with E-state index in [9.17, 15) is 10.2 Å². The molecule has 3 rings (SSSR count). The van der Waals surface area contributed by atoms with Gasteiger partial charge in [0.2, 0.25) is 4.77 Å². The lowest BCUT2D eigenvalue weighted by Gasteiger charge is -2.17. The van der Waals surface area contributed by atoms with Gasteiger partial charge in [0.15, 0.2) is 12.1 Å². The first kappa shape index (κ1) is 12.6. The Balaban J connectivity index is 2.02. The minimum absolute atomic E-state index is 0.174. The van der Waals surface area contributed by atoms with E-state index in [0.29, 0.717) is 11.4 Å². The van der Waals surface area contributed by atoms with E-state index in [0.717, 1.165) is 0 Å². The van der Waals surface area contributed by atoms with Crippen LogP contribution in [0.5, 0.6) is 0 Å². The van der Waals surface area contributed by atoms with Crippen LogP contribution in [-0.4, -0.2) is 60.0 Å². The number of nitrogens with one attached hydrogen (secondary N) is 1. The third-order valence-electron chi connectivity index (χ3n) is 3.13. The van der Waals surface area contributed by atoms with Crippen LogP contribution in [0.25, 0.3) is 11.4 Å². The molecule has 0 bridgehead atoms. The van der Waals surface area contributed by atoms with Crippen LogP contribution in [0.15, 0.2) is 12.4 Å². The first-order valence-electron chi connectivity index (χ1n) is 5.67. The summed E-state index contributed by atoms with van der Waals surface area (Å²) in [6.07, 6.45) is -0.847. The molecule has 3 aliphatic heterocycles. The molecule has 102 valence electrons. The summed E-state index contributed by atoms with van der Waals surface area (Å²) in [5, 5.41) is 31.6. The first-order chi connectivity index (χ1) is 9.11. The smallest absolute Gasteiger partial charge is 0.221 e. The summed E-state index contributed by atoms with van der Waals surface area (Å²) in [4.78, 5) is 7.98. The molecule has 0 spiro atoms.